The maximum absolute atomic E-state index is 10.8. The first-order valence-corrected chi connectivity index (χ1v) is 4.37. The van der Waals surface area contributed by atoms with Crippen molar-refractivity contribution in [1.29, 1.82) is 0 Å². The van der Waals surface area contributed by atoms with Crippen molar-refractivity contribution in [1.82, 2.24) is 4.98 Å². The molecule has 0 unspecified atom stereocenters. The van der Waals surface area contributed by atoms with Gasteiger partial charge in [-0.05, 0) is 12.1 Å². The summed E-state index contributed by atoms with van der Waals surface area (Å²) in [4.78, 5) is 14.8. The fourth-order valence-electron chi connectivity index (χ4n) is 1.43. The monoisotopic (exact) mass is 203 g/mol. The molecular formula is C11H9NO3. The molecule has 0 radical (unpaired) electrons. The summed E-state index contributed by atoms with van der Waals surface area (Å²) in [6.45, 7) is 0. The largest absolute Gasteiger partial charge is 0.494 e. The van der Waals surface area contributed by atoms with Crippen molar-refractivity contribution < 1.29 is 14.6 Å². The van der Waals surface area contributed by atoms with E-state index in [1.54, 1.807) is 30.6 Å². The lowest BCUT2D eigenvalue weighted by Crippen LogP contribution is -1.96. The number of pyridine rings is 1. The SMILES string of the molecule is COc1cncc2ccc(C(=O)O)cc12. The van der Waals surface area contributed by atoms with E-state index in [9.17, 15) is 4.79 Å². The van der Waals surface area contributed by atoms with Crippen molar-refractivity contribution in [3.8, 4) is 5.75 Å². The average Bonchev–Trinajstić information content (AvgIpc) is 2.27. The van der Waals surface area contributed by atoms with E-state index in [4.69, 9.17) is 9.84 Å². The maximum atomic E-state index is 10.8. The maximum Gasteiger partial charge on any atom is 0.335 e. The van der Waals surface area contributed by atoms with Gasteiger partial charge in [0, 0.05) is 17.0 Å². The number of aromatic carboxylic acids is 1. The highest BCUT2D eigenvalue weighted by atomic mass is 16.5. The van der Waals surface area contributed by atoms with Crippen LogP contribution < -0.4 is 4.74 Å². The number of fused-ring (bicyclic) bond motifs is 1. The molecule has 0 aliphatic heterocycles. The Morgan fingerprint density at radius 3 is 2.87 bits per heavy atom. The average molecular weight is 203 g/mol. The van der Waals surface area contributed by atoms with Crippen LogP contribution >= 0.6 is 0 Å². The van der Waals surface area contributed by atoms with Crippen LogP contribution in [-0.2, 0) is 0 Å². The summed E-state index contributed by atoms with van der Waals surface area (Å²) in [5.74, 6) is -0.369. The number of hydrogen-bond acceptors (Lipinski definition) is 3. The van der Waals surface area contributed by atoms with Crippen LogP contribution in [0.4, 0.5) is 0 Å². The Labute approximate surface area is 86.1 Å². The summed E-state index contributed by atoms with van der Waals surface area (Å²) in [6.07, 6.45) is 3.23. The first-order chi connectivity index (χ1) is 7.22. The summed E-state index contributed by atoms with van der Waals surface area (Å²) >= 11 is 0. The Kier molecular flexibility index (Phi) is 2.25. The normalized spacial score (nSPS) is 10.2. The number of carboxylic acids is 1. The summed E-state index contributed by atoms with van der Waals surface area (Å²) in [6, 6.07) is 4.85. The number of rotatable bonds is 2. The van der Waals surface area contributed by atoms with Crippen molar-refractivity contribution in [3.05, 3.63) is 36.2 Å². The van der Waals surface area contributed by atoms with E-state index in [-0.39, 0.29) is 5.56 Å². The molecular weight excluding hydrogens is 194 g/mol. The third-order valence-electron chi connectivity index (χ3n) is 2.19. The van der Waals surface area contributed by atoms with Crippen molar-refractivity contribution in [2.45, 2.75) is 0 Å². The molecule has 0 amide bonds. The van der Waals surface area contributed by atoms with Crippen LogP contribution in [0.15, 0.2) is 30.6 Å². The molecule has 1 heterocycles. The molecule has 2 aromatic rings. The van der Waals surface area contributed by atoms with E-state index < -0.39 is 5.97 Å². The van der Waals surface area contributed by atoms with Gasteiger partial charge in [0.05, 0.1) is 18.9 Å². The minimum atomic E-state index is -0.948. The number of carbonyl (C=O) groups is 1. The highest BCUT2D eigenvalue weighted by molar-refractivity contribution is 5.96. The summed E-state index contributed by atoms with van der Waals surface area (Å²) < 4.78 is 5.11. The van der Waals surface area contributed by atoms with E-state index in [1.165, 1.54) is 7.11 Å². The van der Waals surface area contributed by atoms with Crippen molar-refractivity contribution in [2.75, 3.05) is 7.11 Å². The number of nitrogens with zero attached hydrogens (tertiary/aromatic N) is 1. The van der Waals surface area contributed by atoms with Crippen molar-refractivity contribution in [3.63, 3.8) is 0 Å². The molecule has 1 aromatic heterocycles. The summed E-state index contributed by atoms with van der Waals surface area (Å²) in [7, 11) is 1.53. The van der Waals surface area contributed by atoms with Gasteiger partial charge in [-0.15, -0.1) is 0 Å². The number of aromatic nitrogens is 1. The molecule has 1 N–H and O–H groups in total. The van der Waals surface area contributed by atoms with Gasteiger partial charge in [-0.2, -0.15) is 0 Å². The Balaban J connectivity index is 2.72. The topological polar surface area (TPSA) is 59.4 Å². The molecule has 4 nitrogen and oxygen atoms in total. The van der Waals surface area contributed by atoms with Crippen LogP contribution in [0.3, 0.4) is 0 Å². The first kappa shape index (κ1) is 9.45. The molecule has 0 aliphatic rings. The predicted octanol–water partition coefficient (Wildman–Crippen LogP) is 1.94. The van der Waals surface area contributed by atoms with Gasteiger partial charge >= 0.3 is 5.97 Å². The molecule has 0 atom stereocenters. The molecule has 76 valence electrons. The molecule has 0 saturated heterocycles. The first-order valence-electron chi connectivity index (χ1n) is 4.37. The molecule has 15 heavy (non-hydrogen) atoms. The van der Waals surface area contributed by atoms with Gasteiger partial charge in [0.1, 0.15) is 5.75 Å². The number of carboxylic acid groups (broad SMARTS) is 1. The minimum Gasteiger partial charge on any atom is -0.494 e. The van der Waals surface area contributed by atoms with Crippen LogP contribution in [0.5, 0.6) is 5.75 Å². The molecule has 0 fully saturated rings. The fraction of sp³-hybridized carbons (Fsp3) is 0.0909. The quantitative estimate of drug-likeness (QED) is 0.810. The third kappa shape index (κ3) is 1.61. The lowest BCUT2D eigenvalue weighted by atomic mass is 10.1. The number of hydrogen-bond donors (Lipinski definition) is 1. The van der Waals surface area contributed by atoms with Gasteiger partial charge in [0.15, 0.2) is 0 Å². The minimum absolute atomic E-state index is 0.243. The molecule has 2 rings (SSSR count). The zero-order valence-electron chi connectivity index (χ0n) is 8.10. The van der Waals surface area contributed by atoms with E-state index in [1.807, 2.05) is 0 Å². The van der Waals surface area contributed by atoms with Gasteiger partial charge in [-0.1, -0.05) is 6.07 Å². The second-order valence-corrected chi connectivity index (χ2v) is 3.08. The second kappa shape index (κ2) is 3.57. The summed E-state index contributed by atoms with van der Waals surface area (Å²) in [5.41, 5.74) is 0.243. The molecule has 4 heteroatoms. The lowest BCUT2D eigenvalue weighted by molar-refractivity contribution is 0.0697. The van der Waals surface area contributed by atoms with E-state index >= 15 is 0 Å². The third-order valence-corrected chi connectivity index (χ3v) is 2.19. The van der Waals surface area contributed by atoms with Gasteiger partial charge in [0.2, 0.25) is 0 Å². The van der Waals surface area contributed by atoms with E-state index in [2.05, 4.69) is 4.98 Å². The highest BCUT2D eigenvalue weighted by Crippen LogP contribution is 2.24. The Morgan fingerprint density at radius 1 is 1.40 bits per heavy atom. The Morgan fingerprint density at radius 2 is 2.20 bits per heavy atom. The number of methoxy groups -OCH3 is 1. The Bertz CT molecular complexity index is 522. The second-order valence-electron chi connectivity index (χ2n) is 3.08. The smallest absolute Gasteiger partial charge is 0.335 e. The van der Waals surface area contributed by atoms with Crippen LogP contribution in [0.2, 0.25) is 0 Å². The molecule has 0 aliphatic carbocycles. The van der Waals surface area contributed by atoms with Crippen molar-refractivity contribution >= 4 is 16.7 Å². The Hall–Kier alpha value is -2.10. The van der Waals surface area contributed by atoms with Gasteiger partial charge in [-0.25, -0.2) is 4.79 Å². The standard InChI is InChI=1S/C11H9NO3/c1-15-10-6-12-5-8-3-2-7(11(13)14)4-9(8)10/h2-6H,1H3,(H,13,14). The zero-order chi connectivity index (χ0) is 10.8. The van der Waals surface area contributed by atoms with Gasteiger partial charge < -0.3 is 9.84 Å². The van der Waals surface area contributed by atoms with E-state index in [0.717, 1.165) is 10.8 Å². The van der Waals surface area contributed by atoms with Crippen LogP contribution in [0, 0.1) is 0 Å². The van der Waals surface area contributed by atoms with Crippen LogP contribution in [0.1, 0.15) is 10.4 Å². The molecule has 1 aromatic carbocycles. The number of ether oxygens (including phenoxy) is 1. The number of benzene rings is 1. The molecule has 0 bridgehead atoms. The lowest BCUT2D eigenvalue weighted by Gasteiger charge is -2.04. The summed E-state index contributed by atoms with van der Waals surface area (Å²) in [5, 5.41) is 10.5. The zero-order valence-corrected chi connectivity index (χ0v) is 8.10. The van der Waals surface area contributed by atoms with Gasteiger partial charge in [0.25, 0.3) is 0 Å². The van der Waals surface area contributed by atoms with Crippen LogP contribution in [-0.4, -0.2) is 23.2 Å². The van der Waals surface area contributed by atoms with Gasteiger partial charge in [-0.3, -0.25) is 4.98 Å². The fourth-order valence-corrected chi connectivity index (χ4v) is 1.43. The molecule has 0 spiro atoms. The highest BCUT2D eigenvalue weighted by Gasteiger charge is 2.06. The predicted molar refractivity (Wildman–Crippen MR) is 55.3 cm³/mol. The van der Waals surface area contributed by atoms with Crippen molar-refractivity contribution in [2.24, 2.45) is 0 Å². The molecule has 0 saturated carbocycles. The van der Waals surface area contributed by atoms with Crippen LogP contribution in [0.25, 0.3) is 10.8 Å². The van der Waals surface area contributed by atoms with E-state index in [0.29, 0.717) is 5.75 Å².